The van der Waals surface area contributed by atoms with Crippen LogP contribution in [0.5, 0.6) is 0 Å². The second-order valence-corrected chi connectivity index (χ2v) is 17.6. The van der Waals surface area contributed by atoms with E-state index in [1.807, 2.05) is 0 Å². The minimum Gasteiger partial charge on any atom is -0.0986 e. The molecule has 5 unspecified atom stereocenters. The van der Waals surface area contributed by atoms with Crippen LogP contribution in [0, 0.1) is 11.8 Å². The van der Waals surface area contributed by atoms with Gasteiger partial charge < -0.3 is 0 Å². The molecule has 290 valence electrons. The Hall–Kier alpha value is -6.50. The van der Waals surface area contributed by atoms with Crippen LogP contribution in [-0.2, 0) is 5.41 Å². The summed E-state index contributed by atoms with van der Waals surface area (Å²) >= 11 is 0. The van der Waals surface area contributed by atoms with Gasteiger partial charge in [0.25, 0.3) is 0 Å². The topological polar surface area (TPSA) is 0 Å². The Kier molecular flexibility index (Phi) is 8.93. The second-order valence-electron chi connectivity index (χ2n) is 17.6. The zero-order valence-electron chi connectivity index (χ0n) is 34.6. The summed E-state index contributed by atoms with van der Waals surface area (Å²) in [6.07, 6.45) is 3.53. The van der Waals surface area contributed by atoms with Crippen molar-refractivity contribution in [2.24, 2.45) is 11.8 Å². The van der Waals surface area contributed by atoms with Crippen LogP contribution in [0.3, 0.4) is 0 Å². The molecule has 1 saturated carbocycles. The van der Waals surface area contributed by atoms with Crippen molar-refractivity contribution in [1.29, 1.82) is 0 Å². The van der Waals surface area contributed by atoms with Gasteiger partial charge in [-0.1, -0.05) is 220 Å². The summed E-state index contributed by atoms with van der Waals surface area (Å²) in [4.78, 5) is 0. The van der Waals surface area contributed by atoms with Gasteiger partial charge in [-0.2, -0.15) is 0 Å². The lowest BCUT2D eigenvalue weighted by molar-refractivity contribution is 0.248. The highest BCUT2D eigenvalue weighted by molar-refractivity contribution is 5.90. The molecule has 0 aromatic heterocycles. The maximum atomic E-state index is 4.88. The van der Waals surface area contributed by atoms with E-state index < -0.39 is 0 Å². The Morgan fingerprint density at radius 3 is 1.85 bits per heavy atom. The van der Waals surface area contributed by atoms with E-state index in [2.05, 4.69) is 208 Å². The quantitative estimate of drug-likeness (QED) is 0.112. The summed E-state index contributed by atoms with van der Waals surface area (Å²) in [6, 6.07) is 73.0. The number of hydrogen-bond acceptors (Lipinski definition) is 0. The molecular formula is C60H50. The van der Waals surface area contributed by atoms with E-state index in [0.717, 1.165) is 6.42 Å². The first-order chi connectivity index (χ1) is 29.6. The summed E-state index contributed by atoms with van der Waals surface area (Å²) in [6.45, 7) is 9.70. The van der Waals surface area contributed by atoms with Crippen molar-refractivity contribution in [2.45, 2.75) is 50.4 Å². The van der Waals surface area contributed by atoms with Crippen molar-refractivity contribution in [3.8, 4) is 44.5 Å². The first-order valence-electron chi connectivity index (χ1n) is 22.0. The van der Waals surface area contributed by atoms with Gasteiger partial charge in [0.05, 0.1) is 0 Å². The summed E-state index contributed by atoms with van der Waals surface area (Å²) in [5.41, 5.74) is 22.7. The largest absolute Gasteiger partial charge is 0.0986 e. The van der Waals surface area contributed by atoms with Crippen LogP contribution >= 0.6 is 0 Å². The standard InChI is InChI=1S/C60H50/c1-4-41-36-39(2)60(40(3)37-41)55-29-16-15-24-49(55)50-35-34-46(38-56(50)60)48-23-12-11-22-47(48)42-30-32-45(33-31-42)57(43-18-7-5-8-19-43)53-27-17-28-54-58(44-20-9-6-10-21-44)51-25-13-14-26-52(51)59(53)54/h5-35,38,40-41,57-58H,2,4,36-37H2,1,3H3. The second kappa shape index (κ2) is 14.6. The highest BCUT2D eigenvalue weighted by atomic mass is 14.5. The van der Waals surface area contributed by atoms with Crippen molar-refractivity contribution >= 4 is 0 Å². The molecule has 0 saturated heterocycles. The zero-order chi connectivity index (χ0) is 40.4. The van der Waals surface area contributed by atoms with Gasteiger partial charge in [0.2, 0.25) is 0 Å². The Balaban J connectivity index is 1.01. The molecule has 0 aliphatic heterocycles. The summed E-state index contributed by atoms with van der Waals surface area (Å²) in [5, 5.41) is 0. The summed E-state index contributed by atoms with van der Waals surface area (Å²) in [5.74, 6) is 1.46. The molecule has 0 bridgehead atoms. The predicted octanol–water partition coefficient (Wildman–Crippen LogP) is 15.6. The smallest absolute Gasteiger partial charge is 0.0446 e. The maximum absolute atomic E-state index is 4.88. The van der Waals surface area contributed by atoms with Crippen LogP contribution < -0.4 is 0 Å². The lowest BCUT2D eigenvalue weighted by Gasteiger charge is -2.46. The van der Waals surface area contributed by atoms with Crippen molar-refractivity contribution < 1.29 is 0 Å². The fraction of sp³-hybridized carbons (Fsp3) is 0.167. The molecule has 0 heteroatoms. The fourth-order valence-electron chi connectivity index (χ4n) is 11.9. The molecule has 60 heavy (non-hydrogen) atoms. The van der Waals surface area contributed by atoms with Crippen molar-refractivity contribution in [3.63, 3.8) is 0 Å². The summed E-state index contributed by atoms with van der Waals surface area (Å²) in [7, 11) is 0. The molecule has 8 aromatic carbocycles. The van der Waals surface area contributed by atoms with Crippen molar-refractivity contribution in [3.05, 3.63) is 251 Å². The number of hydrogen-bond donors (Lipinski definition) is 0. The third kappa shape index (κ3) is 5.57. The highest BCUT2D eigenvalue weighted by Gasteiger charge is 2.51. The van der Waals surface area contributed by atoms with Crippen molar-refractivity contribution in [2.75, 3.05) is 0 Å². The molecule has 0 radical (unpaired) electrons. The zero-order valence-corrected chi connectivity index (χ0v) is 34.6. The normalized spacial score (nSPS) is 20.3. The molecule has 0 N–H and O–H groups in total. The number of fused-ring (bicyclic) bond motifs is 8. The molecule has 1 spiro atoms. The lowest BCUT2D eigenvalue weighted by atomic mass is 9.57. The van der Waals surface area contributed by atoms with E-state index in [-0.39, 0.29) is 17.3 Å². The number of rotatable bonds is 7. The molecule has 0 heterocycles. The maximum Gasteiger partial charge on any atom is 0.0446 e. The summed E-state index contributed by atoms with van der Waals surface area (Å²) < 4.78 is 0. The van der Waals surface area contributed by atoms with Crippen LogP contribution in [0.15, 0.2) is 206 Å². The monoisotopic (exact) mass is 770 g/mol. The molecule has 0 nitrogen and oxygen atoms in total. The average molecular weight is 771 g/mol. The third-order valence-corrected chi connectivity index (χ3v) is 14.5. The molecular weight excluding hydrogens is 721 g/mol. The number of benzene rings is 8. The predicted molar refractivity (Wildman–Crippen MR) is 252 cm³/mol. The van der Waals surface area contributed by atoms with Gasteiger partial charge in [0.1, 0.15) is 0 Å². The molecule has 11 rings (SSSR count). The van der Waals surface area contributed by atoms with Gasteiger partial charge in [0.15, 0.2) is 0 Å². The first kappa shape index (κ1) is 36.6. The Morgan fingerprint density at radius 2 is 1.12 bits per heavy atom. The van der Waals surface area contributed by atoms with Crippen LogP contribution in [0.4, 0.5) is 0 Å². The molecule has 3 aliphatic rings. The Morgan fingerprint density at radius 1 is 0.533 bits per heavy atom. The molecule has 3 aliphatic carbocycles. The fourth-order valence-corrected chi connectivity index (χ4v) is 11.9. The average Bonchev–Trinajstić information content (AvgIpc) is 3.80. The highest BCUT2D eigenvalue weighted by Crippen LogP contribution is 2.61. The number of allylic oxidation sites excluding steroid dienone is 1. The van der Waals surface area contributed by atoms with Crippen molar-refractivity contribution in [1.82, 2.24) is 0 Å². The molecule has 1 fully saturated rings. The molecule has 8 aromatic rings. The van der Waals surface area contributed by atoms with Crippen LogP contribution in [0.25, 0.3) is 44.5 Å². The minimum atomic E-state index is -0.157. The lowest BCUT2D eigenvalue weighted by Crippen LogP contribution is -2.40. The van der Waals surface area contributed by atoms with Gasteiger partial charge in [-0.05, 0) is 120 Å². The van der Waals surface area contributed by atoms with E-state index in [4.69, 9.17) is 6.58 Å². The van der Waals surface area contributed by atoms with E-state index in [0.29, 0.717) is 11.8 Å². The van der Waals surface area contributed by atoms with E-state index >= 15 is 0 Å². The van der Waals surface area contributed by atoms with Gasteiger partial charge >= 0.3 is 0 Å². The van der Waals surface area contributed by atoms with Gasteiger partial charge in [0, 0.05) is 17.3 Å². The van der Waals surface area contributed by atoms with Gasteiger partial charge in [-0.25, -0.2) is 0 Å². The minimum absolute atomic E-state index is 0.0699. The van der Waals surface area contributed by atoms with Crippen LogP contribution in [-0.4, -0.2) is 0 Å². The van der Waals surface area contributed by atoms with E-state index in [9.17, 15) is 0 Å². The third-order valence-electron chi connectivity index (χ3n) is 14.5. The van der Waals surface area contributed by atoms with Crippen LogP contribution in [0.2, 0.25) is 0 Å². The van der Waals surface area contributed by atoms with Gasteiger partial charge in [-0.15, -0.1) is 0 Å². The molecule has 0 amide bonds. The van der Waals surface area contributed by atoms with Crippen LogP contribution in [0.1, 0.15) is 89.5 Å². The van der Waals surface area contributed by atoms with E-state index in [1.54, 1.807) is 0 Å². The molecule has 5 atom stereocenters. The first-order valence-corrected chi connectivity index (χ1v) is 22.0. The Bertz CT molecular complexity index is 2900. The SMILES string of the molecule is C=C1CC(CC)CC(C)C12c1ccccc1-c1ccc(-c3ccccc3-c3ccc(C(c4ccccc4)c4cccc5c4-c4ccccc4C5c4ccccc4)cc3)cc12. The van der Waals surface area contributed by atoms with Gasteiger partial charge in [-0.3, -0.25) is 0 Å². The van der Waals surface area contributed by atoms with E-state index in [1.165, 1.54) is 107 Å². The Labute approximate surface area is 356 Å².